The number of nitrogens with one attached hydrogen (secondary N) is 1. The normalized spacial score (nSPS) is 11.7. The summed E-state index contributed by atoms with van der Waals surface area (Å²) in [6, 6.07) is 15.4. The van der Waals surface area contributed by atoms with E-state index in [4.69, 9.17) is 0 Å². The van der Waals surface area contributed by atoms with Gasteiger partial charge >= 0.3 is 6.18 Å². The van der Waals surface area contributed by atoms with Gasteiger partial charge in [0.05, 0.1) is 16.7 Å². The van der Waals surface area contributed by atoms with Gasteiger partial charge < -0.3 is 0 Å². The highest BCUT2D eigenvalue weighted by Gasteiger charge is 2.33. The molecule has 0 unspecified atom stereocenters. The van der Waals surface area contributed by atoms with Crippen LogP contribution in [0.25, 0.3) is 16.3 Å². The first-order chi connectivity index (χ1) is 15.3. The number of anilines is 1. The molecule has 0 amide bonds. The maximum atomic E-state index is 12.9. The molecular weight excluding hydrogens is 443 g/mol. The number of hydrazone groups is 1. The summed E-state index contributed by atoms with van der Waals surface area (Å²) < 4.78 is 40.3. The van der Waals surface area contributed by atoms with Gasteiger partial charge in [0.25, 0.3) is 5.69 Å². The molecule has 7 nitrogen and oxygen atoms in total. The van der Waals surface area contributed by atoms with Crippen molar-refractivity contribution >= 4 is 28.9 Å². The Kier molecular flexibility index (Phi) is 5.73. The molecule has 0 fully saturated rings. The number of benzene rings is 2. The molecule has 0 aliphatic rings. The van der Waals surface area contributed by atoms with Gasteiger partial charge in [-0.2, -0.15) is 23.4 Å². The van der Waals surface area contributed by atoms with Crippen molar-refractivity contribution in [3.8, 4) is 16.3 Å². The van der Waals surface area contributed by atoms with Gasteiger partial charge in [-0.3, -0.25) is 15.5 Å². The van der Waals surface area contributed by atoms with Crippen LogP contribution in [0.4, 0.5) is 24.5 Å². The summed E-state index contributed by atoms with van der Waals surface area (Å²) in [5.74, 6) is 0. The summed E-state index contributed by atoms with van der Waals surface area (Å²) in [5.41, 5.74) is 2.56. The van der Waals surface area contributed by atoms with Crippen molar-refractivity contribution in [2.24, 2.45) is 5.10 Å². The van der Waals surface area contributed by atoms with Crippen LogP contribution in [0.5, 0.6) is 0 Å². The molecule has 2 aromatic carbocycles. The molecule has 0 aliphatic heterocycles. The topological polar surface area (TPSA) is 85.4 Å². The summed E-state index contributed by atoms with van der Waals surface area (Å²) >= 11 is 1.50. The maximum absolute atomic E-state index is 12.9. The number of aromatic nitrogens is 2. The molecule has 2 aromatic heterocycles. The number of nitro groups is 1. The highest BCUT2D eigenvalue weighted by atomic mass is 32.1. The Morgan fingerprint density at radius 1 is 1.12 bits per heavy atom. The SMILES string of the molecule is O=[N+]([O-])c1cc(C(F)(F)F)ccc1N/N=C/c1cn(-c2cccs2)nc1-c1ccccc1. The van der Waals surface area contributed by atoms with E-state index in [9.17, 15) is 23.3 Å². The number of nitrogens with zero attached hydrogens (tertiary/aromatic N) is 4. The Morgan fingerprint density at radius 2 is 1.91 bits per heavy atom. The molecule has 32 heavy (non-hydrogen) atoms. The van der Waals surface area contributed by atoms with Crippen LogP contribution in [0, 0.1) is 10.1 Å². The predicted octanol–water partition coefficient (Wildman–Crippen LogP) is 5.97. The van der Waals surface area contributed by atoms with E-state index in [2.05, 4.69) is 15.6 Å². The molecule has 0 aliphatic carbocycles. The lowest BCUT2D eigenvalue weighted by atomic mass is 10.1. The van der Waals surface area contributed by atoms with Crippen LogP contribution in [0.15, 0.2) is 77.3 Å². The van der Waals surface area contributed by atoms with Crippen molar-refractivity contribution in [1.29, 1.82) is 0 Å². The first-order valence-corrected chi connectivity index (χ1v) is 10.0. The standard InChI is InChI=1S/C21H14F3N5O2S/c22-21(23,24)16-8-9-17(18(11-16)29(30)31)26-25-12-15-13-28(19-7-4-10-32-19)27-20(15)14-5-2-1-3-6-14/h1-13,26H/b25-12+. The van der Waals surface area contributed by atoms with Crippen LogP contribution in [0.3, 0.4) is 0 Å². The van der Waals surface area contributed by atoms with E-state index < -0.39 is 22.4 Å². The van der Waals surface area contributed by atoms with Crippen molar-refractivity contribution < 1.29 is 18.1 Å². The van der Waals surface area contributed by atoms with Crippen molar-refractivity contribution in [2.75, 3.05) is 5.43 Å². The lowest BCUT2D eigenvalue weighted by molar-refractivity contribution is -0.384. The van der Waals surface area contributed by atoms with E-state index in [1.54, 1.807) is 10.9 Å². The summed E-state index contributed by atoms with van der Waals surface area (Å²) in [6.45, 7) is 0. The van der Waals surface area contributed by atoms with Crippen molar-refractivity contribution in [3.63, 3.8) is 0 Å². The number of nitro benzene ring substituents is 1. The number of alkyl halides is 3. The summed E-state index contributed by atoms with van der Waals surface area (Å²) in [7, 11) is 0. The fraction of sp³-hybridized carbons (Fsp3) is 0.0476. The van der Waals surface area contributed by atoms with Gasteiger partial charge in [-0.25, -0.2) is 4.68 Å². The van der Waals surface area contributed by atoms with Gasteiger partial charge in [-0.05, 0) is 29.6 Å². The molecule has 2 heterocycles. The summed E-state index contributed by atoms with van der Waals surface area (Å²) in [5, 5.41) is 22.7. The van der Waals surface area contributed by atoms with E-state index in [0.29, 0.717) is 17.3 Å². The second kappa shape index (κ2) is 8.63. The van der Waals surface area contributed by atoms with Gasteiger partial charge in [0.2, 0.25) is 0 Å². The van der Waals surface area contributed by atoms with Gasteiger partial charge in [-0.1, -0.05) is 30.3 Å². The molecule has 11 heteroatoms. The van der Waals surface area contributed by atoms with Crippen LogP contribution >= 0.6 is 11.3 Å². The molecule has 0 spiro atoms. The van der Waals surface area contributed by atoms with Gasteiger partial charge in [0.1, 0.15) is 16.4 Å². The molecule has 0 saturated carbocycles. The van der Waals surface area contributed by atoms with E-state index in [1.165, 1.54) is 17.6 Å². The number of hydrogen-bond donors (Lipinski definition) is 1. The largest absolute Gasteiger partial charge is 0.416 e. The minimum absolute atomic E-state index is 0.161. The number of thiophene rings is 1. The Balaban J connectivity index is 1.66. The molecule has 0 saturated heterocycles. The Hall–Kier alpha value is -3.99. The molecule has 162 valence electrons. The maximum Gasteiger partial charge on any atom is 0.416 e. The predicted molar refractivity (Wildman–Crippen MR) is 116 cm³/mol. The quantitative estimate of drug-likeness (QED) is 0.219. The third kappa shape index (κ3) is 4.52. The fourth-order valence-corrected chi connectivity index (χ4v) is 3.60. The first kappa shape index (κ1) is 21.2. The Morgan fingerprint density at radius 3 is 2.56 bits per heavy atom. The summed E-state index contributed by atoms with van der Waals surface area (Å²) in [6.07, 6.45) is -1.52. The second-order valence-electron chi connectivity index (χ2n) is 6.55. The van der Waals surface area contributed by atoms with Crippen LogP contribution < -0.4 is 5.43 Å². The average molecular weight is 457 g/mol. The summed E-state index contributed by atoms with van der Waals surface area (Å²) in [4.78, 5) is 10.4. The zero-order chi connectivity index (χ0) is 22.7. The molecule has 4 aromatic rings. The lowest BCUT2D eigenvalue weighted by Crippen LogP contribution is -2.06. The molecular formula is C21H14F3N5O2S. The molecule has 4 rings (SSSR count). The third-order valence-corrected chi connectivity index (χ3v) is 5.29. The molecule has 1 N–H and O–H groups in total. The minimum Gasteiger partial charge on any atom is -0.272 e. The van der Waals surface area contributed by atoms with Crippen LogP contribution in [0.2, 0.25) is 0 Å². The molecule has 0 radical (unpaired) electrons. The first-order valence-electron chi connectivity index (χ1n) is 9.16. The molecule has 0 bridgehead atoms. The van der Waals surface area contributed by atoms with Crippen LogP contribution in [0.1, 0.15) is 11.1 Å². The monoisotopic (exact) mass is 457 g/mol. The fourth-order valence-electron chi connectivity index (χ4n) is 2.94. The highest BCUT2D eigenvalue weighted by Crippen LogP contribution is 2.35. The minimum atomic E-state index is -4.69. The van der Waals surface area contributed by atoms with Gasteiger partial charge in [0.15, 0.2) is 0 Å². The number of hydrogen-bond acceptors (Lipinski definition) is 6. The van der Waals surface area contributed by atoms with Gasteiger partial charge in [0, 0.05) is 23.4 Å². The Labute approximate surface area is 183 Å². The average Bonchev–Trinajstić information content (AvgIpc) is 3.44. The number of halogens is 3. The van der Waals surface area contributed by atoms with Crippen molar-refractivity contribution in [3.05, 3.63) is 93.5 Å². The Bertz CT molecular complexity index is 1270. The zero-order valence-electron chi connectivity index (χ0n) is 16.2. The third-order valence-electron chi connectivity index (χ3n) is 4.43. The van der Waals surface area contributed by atoms with E-state index >= 15 is 0 Å². The van der Waals surface area contributed by atoms with Crippen LogP contribution in [-0.2, 0) is 6.18 Å². The van der Waals surface area contributed by atoms with E-state index in [-0.39, 0.29) is 5.69 Å². The van der Waals surface area contributed by atoms with Crippen LogP contribution in [-0.4, -0.2) is 20.9 Å². The van der Waals surface area contributed by atoms with E-state index in [1.807, 2.05) is 47.8 Å². The smallest absolute Gasteiger partial charge is 0.272 e. The van der Waals surface area contributed by atoms with Crippen molar-refractivity contribution in [2.45, 2.75) is 6.18 Å². The van der Waals surface area contributed by atoms with E-state index in [0.717, 1.165) is 22.7 Å². The lowest BCUT2D eigenvalue weighted by Gasteiger charge is -2.08. The zero-order valence-corrected chi connectivity index (χ0v) is 17.0. The second-order valence-corrected chi connectivity index (χ2v) is 7.48. The highest BCUT2D eigenvalue weighted by molar-refractivity contribution is 7.12. The van der Waals surface area contributed by atoms with Gasteiger partial charge in [-0.15, -0.1) is 11.3 Å². The molecule has 0 atom stereocenters. The van der Waals surface area contributed by atoms with Crippen molar-refractivity contribution in [1.82, 2.24) is 9.78 Å². The number of rotatable bonds is 6.